The zero-order valence-corrected chi connectivity index (χ0v) is 12.8. The van der Waals surface area contributed by atoms with Gasteiger partial charge in [0, 0.05) is 18.8 Å². The standard InChI is InChI=1S/C17H27NO/c1-5-12-18(13-6-2)17-10-8-16(9-11-17)14-19-15(4)7-3/h7-11H,5-6,12-14H2,1-4H3. The second-order valence-electron chi connectivity index (χ2n) is 4.84. The van der Waals surface area contributed by atoms with E-state index in [1.165, 1.54) is 24.1 Å². The Kier molecular flexibility index (Phi) is 7.09. The molecule has 0 aliphatic heterocycles. The van der Waals surface area contributed by atoms with Crippen molar-refractivity contribution in [3.8, 4) is 0 Å². The van der Waals surface area contributed by atoms with Gasteiger partial charge in [-0.3, -0.25) is 0 Å². The highest BCUT2D eigenvalue weighted by Crippen LogP contribution is 2.17. The van der Waals surface area contributed by atoms with Crippen LogP contribution in [0, 0.1) is 0 Å². The number of hydrogen-bond acceptors (Lipinski definition) is 2. The Bertz CT molecular complexity index is 375. The van der Waals surface area contributed by atoms with E-state index in [9.17, 15) is 0 Å². The van der Waals surface area contributed by atoms with Gasteiger partial charge in [-0.2, -0.15) is 0 Å². The van der Waals surface area contributed by atoms with Crippen molar-refractivity contribution in [2.75, 3.05) is 18.0 Å². The zero-order chi connectivity index (χ0) is 14.1. The number of allylic oxidation sites excluding steroid dienone is 2. The van der Waals surface area contributed by atoms with Crippen molar-refractivity contribution < 1.29 is 4.74 Å². The van der Waals surface area contributed by atoms with E-state index in [0.29, 0.717) is 6.61 Å². The maximum Gasteiger partial charge on any atom is 0.113 e. The molecular formula is C17H27NO. The summed E-state index contributed by atoms with van der Waals surface area (Å²) in [6.07, 6.45) is 4.36. The fourth-order valence-electron chi connectivity index (χ4n) is 1.99. The number of nitrogens with zero attached hydrogens (tertiary/aromatic N) is 1. The topological polar surface area (TPSA) is 12.5 Å². The minimum Gasteiger partial charge on any atom is -0.494 e. The van der Waals surface area contributed by atoms with Crippen LogP contribution < -0.4 is 4.90 Å². The average molecular weight is 261 g/mol. The monoisotopic (exact) mass is 261 g/mol. The van der Waals surface area contributed by atoms with Gasteiger partial charge in [0.2, 0.25) is 0 Å². The molecule has 0 N–H and O–H groups in total. The molecule has 0 aliphatic carbocycles. The van der Waals surface area contributed by atoms with Crippen molar-refractivity contribution in [1.29, 1.82) is 0 Å². The third-order valence-corrected chi connectivity index (χ3v) is 3.16. The van der Waals surface area contributed by atoms with Crippen LogP contribution in [0.3, 0.4) is 0 Å². The molecule has 1 aromatic carbocycles. The summed E-state index contributed by atoms with van der Waals surface area (Å²) in [4.78, 5) is 2.45. The molecule has 19 heavy (non-hydrogen) atoms. The average Bonchev–Trinajstić information content (AvgIpc) is 2.45. The SMILES string of the molecule is CC=C(C)OCc1ccc(N(CCC)CCC)cc1. The quantitative estimate of drug-likeness (QED) is 0.626. The molecule has 0 amide bonds. The Morgan fingerprint density at radius 3 is 2.16 bits per heavy atom. The van der Waals surface area contributed by atoms with Crippen LogP contribution in [0.15, 0.2) is 36.1 Å². The van der Waals surface area contributed by atoms with E-state index >= 15 is 0 Å². The molecule has 0 atom stereocenters. The van der Waals surface area contributed by atoms with E-state index < -0.39 is 0 Å². The van der Waals surface area contributed by atoms with Crippen LogP contribution in [-0.2, 0) is 11.3 Å². The molecule has 2 heteroatoms. The van der Waals surface area contributed by atoms with Crippen molar-refractivity contribution >= 4 is 5.69 Å². The molecule has 106 valence electrons. The second-order valence-corrected chi connectivity index (χ2v) is 4.84. The number of hydrogen-bond donors (Lipinski definition) is 0. The Hall–Kier alpha value is -1.44. The Balaban J connectivity index is 2.63. The van der Waals surface area contributed by atoms with Crippen molar-refractivity contribution in [3.63, 3.8) is 0 Å². The van der Waals surface area contributed by atoms with Crippen LogP contribution in [0.1, 0.15) is 46.1 Å². The van der Waals surface area contributed by atoms with Crippen molar-refractivity contribution in [1.82, 2.24) is 0 Å². The van der Waals surface area contributed by atoms with Crippen molar-refractivity contribution in [3.05, 3.63) is 41.7 Å². The van der Waals surface area contributed by atoms with Crippen LogP contribution in [0.4, 0.5) is 5.69 Å². The summed E-state index contributed by atoms with van der Waals surface area (Å²) in [6.45, 7) is 11.3. The largest absolute Gasteiger partial charge is 0.494 e. The van der Waals surface area contributed by atoms with Crippen LogP contribution in [0.25, 0.3) is 0 Å². The molecule has 1 rings (SSSR count). The molecule has 0 saturated heterocycles. The molecule has 0 saturated carbocycles. The summed E-state index contributed by atoms with van der Waals surface area (Å²) < 4.78 is 5.62. The van der Waals surface area contributed by atoms with Crippen LogP contribution in [0.2, 0.25) is 0 Å². The lowest BCUT2D eigenvalue weighted by Gasteiger charge is -2.24. The van der Waals surface area contributed by atoms with E-state index in [1.54, 1.807) is 0 Å². The summed E-state index contributed by atoms with van der Waals surface area (Å²) in [6, 6.07) is 8.73. The smallest absolute Gasteiger partial charge is 0.113 e. The first kappa shape index (κ1) is 15.6. The van der Waals surface area contributed by atoms with Crippen LogP contribution in [0.5, 0.6) is 0 Å². The molecule has 0 bridgehead atoms. The Labute approximate surface area is 118 Å². The summed E-state index contributed by atoms with van der Waals surface area (Å²) in [5.74, 6) is 0.975. The predicted octanol–water partition coefficient (Wildman–Crippen LogP) is 4.75. The van der Waals surface area contributed by atoms with E-state index in [1.807, 2.05) is 19.9 Å². The molecule has 0 spiro atoms. The normalized spacial score (nSPS) is 11.5. The van der Waals surface area contributed by atoms with Gasteiger partial charge >= 0.3 is 0 Å². The molecule has 0 radical (unpaired) electrons. The first-order valence-electron chi connectivity index (χ1n) is 7.30. The number of anilines is 1. The highest BCUT2D eigenvalue weighted by molar-refractivity contribution is 5.47. The molecule has 0 aliphatic rings. The summed E-state index contributed by atoms with van der Waals surface area (Å²) >= 11 is 0. The lowest BCUT2D eigenvalue weighted by atomic mass is 10.2. The summed E-state index contributed by atoms with van der Waals surface area (Å²) in [5, 5.41) is 0. The fourth-order valence-corrected chi connectivity index (χ4v) is 1.99. The van der Waals surface area contributed by atoms with Gasteiger partial charge in [-0.05, 0) is 50.5 Å². The van der Waals surface area contributed by atoms with E-state index in [0.717, 1.165) is 18.8 Å². The van der Waals surface area contributed by atoms with E-state index in [-0.39, 0.29) is 0 Å². The molecule has 1 aromatic rings. The lowest BCUT2D eigenvalue weighted by molar-refractivity contribution is 0.200. The lowest BCUT2D eigenvalue weighted by Crippen LogP contribution is -2.24. The van der Waals surface area contributed by atoms with E-state index in [2.05, 4.69) is 43.0 Å². The second kappa shape index (κ2) is 8.63. The maximum absolute atomic E-state index is 5.62. The van der Waals surface area contributed by atoms with Gasteiger partial charge in [-0.15, -0.1) is 0 Å². The third-order valence-electron chi connectivity index (χ3n) is 3.16. The van der Waals surface area contributed by atoms with Crippen LogP contribution >= 0.6 is 0 Å². The van der Waals surface area contributed by atoms with Gasteiger partial charge in [0.05, 0.1) is 5.76 Å². The van der Waals surface area contributed by atoms with Gasteiger partial charge in [-0.1, -0.05) is 26.0 Å². The molecule has 0 aromatic heterocycles. The minimum absolute atomic E-state index is 0.651. The van der Waals surface area contributed by atoms with Gasteiger partial charge in [0.25, 0.3) is 0 Å². The van der Waals surface area contributed by atoms with Gasteiger partial charge in [0.15, 0.2) is 0 Å². The van der Waals surface area contributed by atoms with Crippen molar-refractivity contribution in [2.45, 2.75) is 47.1 Å². The Morgan fingerprint density at radius 1 is 1.11 bits per heavy atom. The van der Waals surface area contributed by atoms with Gasteiger partial charge < -0.3 is 9.64 Å². The maximum atomic E-state index is 5.62. The number of ether oxygens (including phenoxy) is 1. The van der Waals surface area contributed by atoms with E-state index in [4.69, 9.17) is 4.74 Å². The summed E-state index contributed by atoms with van der Waals surface area (Å²) in [5.41, 5.74) is 2.54. The highest BCUT2D eigenvalue weighted by atomic mass is 16.5. The Morgan fingerprint density at radius 2 is 1.68 bits per heavy atom. The minimum atomic E-state index is 0.651. The predicted molar refractivity (Wildman–Crippen MR) is 83.5 cm³/mol. The van der Waals surface area contributed by atoms with Gasteiger partial charge in [0.1, 0.15) is 6.61 Å². The molecule has 2 nitrogen and oxygen atoms in total. The van der Waals surface area contributed by atoms with Crippen molar-refractivity contribution in [2.24, 2.45) is 0 Å². The fraction of sp³-hybridized carbons (Fsp3) is 0.529. The first-order valence-corrected chi connectivity index (χ1v) is 7.30. The van der Waals surface area contributed by atoms with Crippen LogP contribution in [-0.4, -0.2) is 13.1 Å². The number of rotatable bonds is 8. The summed E-state index contributed by atoms with van der Waals surface area (Å²) in [7, 11) is 0. The molecule has 0 heterocycles. The highest BCUT2D eigenvalue weighted by Gasteiger charge is 2.04. The number of benzene rings is 1. The third kappa shape index (κ3) is 5.37. The molecular weight excluding hydrogens is 234 g/mol. The first-order chi connectivity index (χ1) is 9.21. The molecule has 0 unspecified atom stereocenters. The van der Waals surface area contributed by atoms with Gasteiger partial charge in [-0.25, -0.2) is 0 Å². The zero-order valence-electron chi connectivity index (χ0n) is 12.8. The molecule has 0 fully saturated rings.